The van der Waals surface area contributed by atoms with Crippen molar-refractivity contribution in [2.24, 2.45) is 0 Å². The molecule has 3 rings (SSSR count). The van der Waals surface area contributed by atoms with Gasteiger partial charge in [-0.1, -0.05) is 93.3 Å². The van der Waals surface area contributed by atoms with Gasteiger partial charge < -0.3 is 14.7 Å². The molecule has 1 amide bonds. The minimum absolute atomic E-state index is 0.170. The van der Waals surface area contributed by atoms with E-state index in [1.807, 2.05) is 73.8 Å². The molecule has 3 aromatic rings. The average Bonchev–Trinajstić information content (AvgIpc) is 2.91. The second-order valence-electron chi connectivity index (χ2n) is 9.32. The fourth-order valence-electron chi connectivity index (χ4n) is 4.17. The molecule has 5 heteroatoms. The van der Waals surface area contributed by atoms with Crippen molar-refractivity contribution in [1.29, 1.82) is 0 Å². The summed E-state index contributed by atoms with van der Waals surface area (Å²) in [6, 6.07) is 23.7. The fourth-order valence-corrected chi connectivity index (χ4v) is 4.17. The Morgan fingerprint density at radius 1 is 0.892 bits per heavy atom. The third-order valence-corrected chi connectivity index (χ3v) is 6.24. The first-order valence-electron chi connectivity index (χ1n) is 13.0. The molecule has 0 aliphatic carbocycles. The van der Waals surface area contributed by atoms with E-state index in [4.69, 9.17) is 9.84 Å². The number of rotatable bonds is 14. The van der Waals surface area contributed by atoms with Crippen LogP contribution < -0.4 is 4.74 Å². The van der Waals surface area contributed by atoms with E-state index in [-0.39, 0.29) is 5.91 Å². The molecule has 0 fully saturated rings. The van der Waals surface area contributed by atoms with Crippen molar-refractivity contribution in [2.75, 3.05) is 7.05 Å². The van der Waals surface area contributed by atoms with Crippen molar-refractivity contribution in [3.05, 3.63) is 95.6 Å². The highest BCUT2D eigenvalue weighted by molar-refractivity contribution is 5.86. The number of aliphatic carboxylic acids is 1. The summed E-state index contributed by atoms with van der Waals surface area (Å²) < 4.78 is 6.21. The maximum Gasteiger partial charge on any atom is 0.328 e. The van der Waals surface area contributed by atoms with Gasteiger partial charge in [0.25, 0.3) is 0 Å². The molecule has 37 heavy (non-hydrogen) atoms. The minimum Gasteiger partial charge on any atom is -0.488 e. The van der Waals surface area contributed by atoms with Gasteiger partial charge in [0.1, 0.15) is 12.4 Å². The number of carboxylic acid groups (broad SMARTS) is 1. The highest BCUT2D eigenvalue weighted by atomic mass is 16.5. The molecular weight excluding hydrogens is 462 g/mol. The normalized spacial score (nSPS) is 11.0. The highest BCUT2D eigenvalue weighted by Crippen LogP contribution is 2.33. The lowest BCUT2D eigenvalue weighted by atomic mass is 10.00. The molecule has 0 aromatic heterocycles. The molecule has 0 radical (unpaired) electrons. The maximum atomic E-state index is 12.6. The van der Waals surface area contributed by atoms with Crippen LogP contribution in [-0.4, -0.2) is 28.9 Å². The van der Waals surface area contributed by atoms with E-state index < -0.39 is 5.97 Å². The number of hydrogen-bond acceptors (Lipinski definition) is 3. The van der Waals surface area contributed by atoms with Gasteiger partial charge in [0.15, 0.2) is 0 Å². The number of nitrogens with zero attached hydrogens (tertiary/aromatic N) is 1. The molecule has 0 heterocycles. The number of hydrogen-bond donors (Lipinski definition) is 1. The lowest BCUT2D eigenvalue weighted by molar-refractivity contribution is -0.131. The van der Waals surface area contributed by atoms with Gasteiger partial charge >= 0.3 is 5.97 Å². The van der Waals surface area contributed by atoms with Crippen LogP contribution in [0.15, 0.2) is 78.9 Å². The average molecular weight is 500 g/mol. The Kier molecular flexibility index (Phi) is 11.0. The van der Waals surface area contributed by atoms with Crippen LogP contribution >= 0.6 is 0 Å². The van der Waals surface area contributed by atoms with Crippen molar-refractivity contribution in [2.45, 2.75) is 58.6 Å². The standard InChI is InChI=1S/C32H37NO4/c1-3-4-5-6-10-16-31(34)33(2)23-27-14-11-15-28(21-27)29-19-17-25(18-20-32(35)36)22-30(29)37-24-26-12-8-7-9-13-26/h7-9,11-15,17-22H,3-6,10,16,23-24H2,1-2H3,(H,35,36). The van der Waals surface area contributed by atoms with E-state index in [1.165, 1.54) is 19.3 Å². The molecule has 3 aromatic carbocycles. The first-order chi connectivity index (χ1) is 18.0. The van der Waals surface area contributed by atoms with Crippen LogP contribution in [-0.2, 0) is 22.7 Å². The van der Waals surface area contributed by atoms with E-state index in [0.29, 0.717) is 25.3 Å². The van der Waals surface area contributed by atoms with E-state index in [2.05, 4.69) is 13.0 Å². The van der Waals surface area contributed by atoms with Crippen molar-refractivity contribution < 1.29 is 19.4 Å². The summed E-state index contributed by atoms with van der Waals surface area (Å²) in [6.45, 7) is 3.13. The Hall–Kier alpha value is -3.86. The molecule has 194 valence electrons. The van der Waals surface area contributed by atoms with Crippen LogP contribution in [0, 0.1) is 0 Å². The Morgan fingerprint density at radius 3 is 2.41 bits per heavy atom. The van der Waals surface area contributed by atoms with Gasteiger partial charge in [-0.25, -0.2) is 4.79 Å². The van der Waals surface area contributed by atoms with Gasteiger partial charge in [-0.2, -0.15) is 0 Å². The van der Waals surface area contributed by atoms with Gasteiger partial charge in [0.2, 0.25) is 5.91 Å². The lowest BCUT2D eigenvalue weighted by Gasteiger charge is -2.18. The fraction of sp³-hybridized carbons (Fsp3) is 0.312. The zero-order valence-corrected chi connectivity index (χ0v) is 21.9. The van der Waals surface area contributed by atoms with Crippen LogP contribution in [0.5, 0.6) is 5.75 Å². The Morgan fingerprint density at radius 2 is 1.65 bits per heavy atom. The summed E-state index contributed by atoms with van der Waals surface area (Å²) in [5.41, 5.74) is 4.73. The summed E-state index contributed by atoms with van der Waals surface area (Å²) in [5.74, 6) is -0.156. The number of carbonyl (C=O) groups excluding carboxylic acids is 1. The third kappa shape index (κ3) is 9.26. The first-order valence-corrected chi connectivity index (χ1v) is 13.0. The van der Waals surface area contributed by atoms with Gasteiger partial charge in [0.05, 0.1) is 0 Å². The first kappa shape index (κ1) is 27.7. The number of ether oxygens (including phenoxy) is 1. The van der Waals surface area contributed by atoms with E-state index in [1.54, 1.807) is 11.0 Å². The van der Waals surface area contributed by atoms with Gasteiger partial charge in [-0.15, -0.1) is 0 Å². The van der Waals surface area contributed by atoms with Gasteiger partial charge in [0, 0.05) is 31.7 Å². The van der Waals surface area contributed by atoms with Crippen molar-refractivity contribution in [1.82, 2.24) is 4.90 Å². The second-order valence-corrected chi connectivity index (χ2v) is 9.32. The van der Waals surface area contributed by atoms with E-state index >= 15 is 0 Å². The van der Waals surface area contributed by atoms with Crippen LogP contribution in [0.2, 0.25) is 0 Å². The number of amides is 1. The van der Waals surface area contributed by atoms with Crippen LogP contribution in [0.25, 0.3) is 17.2 Å². The van der Waals surface area contributed by atoms with Gasteiger partial charge in [-0.3, -0.25) is 4.79 Å². The molecule has 0 spiro atoms. The van der Waals surface area contributed by atoms with Crippen molar-refractivity contribution >= 4 is 18.0 Å². The smallest absolute Gasteiger partial charge is 0.328 e. The Bertz CT molecular complexity index is 1190. The quantitative estimate of drug-likeness (QED) is 0.186. The van der Waals surface area contributed by atoms with Crippen LogP contribution in [0.4, 0.5) is 0 Å². The number of carbonyl (C=O) groups is 2. The van der Waals surface area contributed by atoms with Crippen LogP contribution in [0.1, 0.15) is 62.1 Å². The molecule has 0 saturated heterocycles. The molecule has 0 aliphatic rings. The topological polar surface area (TPSA) is 66.8 Å². The zero-order chi connectivity index (χ0) is 26.5. The number of benzene rings is 3. The van der Waals surface area contributed by atoms with Crippen molar-refractivity contribution in [3.63, 3.8) is 0 Å². The van der Waals surface area contributed by atoms with E-state index in [9.17, 15) is 9.59 Å². The monoisotopic (exact) mass is 499 g/mol. The molecule has 0 atom stereocenters. The molecule has 0 bridgehead atoms. The Labute approximate surface area is 220 Å². The molecule has 0 aliphatic heterocycles. The summed E-state index contributed by atoms with van der Waals surface area (Å²) in [4.78, 5) is 25.4. The lowest BCUT2D eigenvalue weighted by Crippen LogP contribution is -2.25. The minimum atomic E-state index is -0.997. The highest BCUT2D eigenvalue weighted by Gasteiger charge is 2.12. The maximum absolute atomic E-state index is 12.6. The summed E-state index contributed by atoms with van der Waals surface area (Å²) in [6.07, 6.45) is 8.92. The zero-order valence-electron chi connectivity index (χ0n) is 21.9. The van der Waals surface area contributed by atoms with Gasteiger partial charge in [-0.05, 0) is 46.9 Å². The predicted octanol–water partition coefficient (Wildman–Crippen LogP) is 7.35. The molecule has 0 saturated carbocycles. The SMILES string of the molecule is CCCCCCCC(=O)N(C)Cc1cccc(-c2ccc(C=CC(=O)O)cc2OCc2ccccc2)c1. The number of carboxylic acids is 1. The second kappa shape index (κ2) is 14.6. The summed E-state index contributed by atoms with van der Waals surface area (Å²) in [5, 5.41) is 9.01. The van der Waals surface area contributed by atoms with E-state index in [0.717, 1.165) is 46.7 Å². The number of unbranched alkanes of at least 4 members (excludes halogenated alkanes) is 4. The van der Waals surface area contributed by atoms with Crippen LogP contribution in [0.3, 0.4) is 0 Å². The Balaban J connectivity index is 1.76. The summed E-state index contributed by atoms with van der Waals surface area (Å²) in [7, 11) is 1.86. The third-order valence-electron chi connectivity index (χ3n) is 6.24. The summed E-state index contributed by atoms with van der Waals surface area (Å²) >= 11 is 0. The molecule has 0 unspecified atom stereocenters. The largest absolute Gasteiger partial charge is 0.488 e. The molecule has 1 N–H and O–H groups in total. The molecular formula is C32H37NO4. The van der Waals surface area contributed by atoms with Crippen molar-refractivity contribution in [3.8, 4) is 16.9 Å². The molecule has 5 nitrogen and oxygen atoms in total. The predicted molar refractivity (Wildman–Crippen MR) is 149 cm³/mol.